The Labute approximate surface area is 156 Å². The molecule has 7 nitrogen and oxygen atoms in total. The monoisotopic (exact) mass is 360 g/mol. The van der Waals surface area contributed by atoms with Gasteiger partial charge in [0.05, 0.1) is 24.2 Å². The largest absolute Gasteiger partial charge is 0.494 e. The molecule has 136 valence electrons. The van der Waals surface area contributed by atoms with Gasteiger partial charge in [-0.25, -0.2) is 14.5 Å². The molecule has 0 unspecified atom stereocenters. The number of hydrogen-bond acceptors (Lipinski definition) is 6. The SMILES string of the molecule is NCCCOc1ccc(-c2ccc3ncc(-c4ccc(N)nc4)n3n2)cc1. The zero-order valence-corrected chi connectivity index (χ0v) is 14.7. The Balaban J connectivity index is 1.65. The van der Waals surface area contributed by atoms with E-state index in [0.717, 1.165) is 40.3 Å². The van der Waals surface area contributed by atoms with Gasteiger partial charge in [-0.3, -0.25) is 0 Å². The summed E-state index contributed by atoms with van der Waals surface area (Å²) >= 11 is 0. The molecule has 4 rings (SSSR count). The Morgan fingerprint density at radius 2 is 1.70 bits per heavy atom. The summed E-state index contributed by atoms with van der Waals surface area (Å²) in [6, 6.07) is 15.4. The van der Waals surface area contributed by atoms with Crippen LogP contribution in [0.1, 0.15) is 6.42 Å². The Hall–Kier alpha value is -3.45. The first-order valence-electron chi connectivity index (χ1n) is 8.74. The Morgan fingerprint density at radius 1 is 0.889 bits per heavy atom. The molecule has 0 radical (unpaired) electrons. The van der Waals surface area contributed by atoms with Gasteiger partial charge in [-0.15, -0.1) is 0 Å². The minimum atomic E-state index is 0.481. The van der Waals surface area contributed by atoms with Crippen molar-refractivity contribution in [3.63, 3.8) is 0 Å². The lowest BCUT2D eigenvalue weighted by atomic mass is 10.1. The molecule has 0 bridgehead atoms. The number of pyridine rings is 1. The van der Waals surface area contributed by atoms with Crippen molar-refractivity contribution in [3.05, 3.63) is 60.9 Å². The second-order valence-electron chi connectivity index (χ2n) is 6.12. The zero-order valence-electron chi connectivity index (χ0n) is 14.7. The van der Waals surface area contributed by atoms with Crippen LogP contribution >= 0.6 is 0 Å². The van der Waals surface area contributed by atoms with Gasteiger partial charge in [0.25, 0.3) is 0 Å². The number of aromatic nitrogens is 4. The molecule has 4 N–H and O–H groups in total. The fourth-order valence-corrected chi connectivity index (χ4v) is 2.78. The molecule has 3 heterocycles. The van der Waals surface area contributed by atoms with E-state index in [9.17, 15) is 0 Å². The number of anilines is 1. The van der Waals surface area contributed by atoms with Crippen LogP contribution in [0.5, 0.6) is 5.75 Å². The first-order chi connectivity index (χ1) is 13.2. The van der Waals surface area contributed by atoms with Crippen LogP contribution in [-0.4, -0.2) is 32.7 Å². The number of nitrogen functional groups attached to an aromatic ring is 1. The van der Waals surface area contributed by atoms with E-state index in [1.165, 1.54) is 0 Å². The minimum Gasteiger partial charge on any atom is -0.494 e. The molecule has 0 aliphatic rings. The summed E-state index contributed by atoms with van der Waals surface area (Å²) in [6.07, 6.45) is 4.34. The highest BCUT2D eigenvalue weighted by Gasteiger charge is 2.09. The van der Waals surface area contributed by atoms with Crippen molar-refractivity contribution in [3.8, 4) is 28.3 Å². The molecule has 0 aliphatic heterocycles. The molecule has 3 aromatic heterocycles. The van der Waals surface area contributed by atoms with E-state index in [-0.39, 0.29) is 0 Å². The lowest BCUT2D eigenvalue weighted by molar-refractivity contribution is 0.313. The van der Waals surface area contributed by atoms with Crippen LogP contribution < -0.4 is 16.2 Å². The topological polar surface area (TPSA) is 104 Å². The molecule has 0 saturated carbocycles. The van der Waals surface area contributed by atoms with E-state index in [2.05, 4.69) is 9.97 Å². The summed E-state index contributed by atoms with van der Waals surface area (Å²) in [6.45, 7) is 1.24. The third-order valence-electron chi connectivity index (χ3n) is 4.21. The number of imidazole rings is 1. The number of benzene rings is 1. The van der Waals surface area contributed by atoms with Crippen molar-refractivity contribution in [2.45, 2.75) is 6.42 Å². The van der Waals surface area contributed by atoms with E-state index < -0.39 is 0 Å². The standard InChI is InChI=1S/C20H20N6O/c21-10-1-11-27-16-5-2-14(3-6-16)17-7-9-20-24-13-18(26(20)25-17)15-4-8-19(22)23-12-15/h2-9,12-13H,1,10-11,21H2,(H2,22,23). The highest BCUT2D eigenvalue weighted by molar-refractivity contribution is 5.66. The fraction of sp³-hybridized carbons (Fsp3) is 0.150. The van der Waals surface area contributed by atoms with Crippen molar-refractivity contribution in [2.75, 3.05) is 18.9 Å². The van der Waals surface area contributed by atoms with Gasteiger partial charge in [0.15, 0.2) is 5.65 Å². The van der Waals surface area contributed by atoms with Gasteiger partial charge < -0.3 is 16.2 Å². The van der Waals surface area contributed by atoms with E-state index in [1.807, 2.05) is 47.0 Å². The van der Waals surface area contributed by atoms with Crippen LogP contribution in [0.2, 0.25) is 0 Å². The van der Waals surface area contributed by atoms with Crippen LogP contribution in [0.4, 0.5) is 5.82 Å². The van der Waals surface area contributed by atoms with Crippen LogP contribution in [0, 0.1) is 0 Å². The van der Waals surface area contributed by atoms with Crippen LogP contribution in [0.15, 0.2) is 60.9 Å². The van der Waals surface area contributed by atoms with Gasteiger partial charge in [-0.05, 0) is 61.5 Å². The maximum atomic E-state index is 5.68. The number of rotatable bonds is 6. The van der Waals surface area contributed by atoms with Gasteiger partial charge in [0, 0.05) is 17.3 Å². The average Bonchev–Trinajstić information content (AvgIpc) is 3.12. The molecule has 0 amide bonds. The number of nitrogens with two attached hydrogens (primary N) is 2. The molecule has 1 aromatic carbocycles. The van der Waals surface area contributed by atoms with Crippen molar-refractivity contribution in [2.24, 2.45) is 5.73 Å². The second kappa shape index (κ2) is 7.43. The molecule has 4 aromatic rings. The van der Waals surface area contributed by atoms with Crippen molar-refractivity contribution in [1.29, 1.82) is 0 Å². The van der Waals surface area contributed by atoms with E-state index in [0.29, 0.717) is 19.0 Å². The maximum absolute atomic E-state index is 5.68. The smallest absolute Gasteiger partial charge is 0.154 e. The Bertz CT molecular complexity index is 1040. The van der Waals surface area contributed by atoms with Gasteiger partial charge in [0.1, 0.15) is 11.6 Å². The molecule has 0 fully saturated rings. The van der Waals surface area contributed by atoms with E-state index >= 15 is 0 Å². The third-order valence-corrected chi connectivity index (χ3v) is 4.21. The quantitative estimate of drug-likeness (QED) is 0.512. The fourth-order valence-electron chi connectivity index (χ4n) is 2.78. The lowest BCUT2D eigenvalue weighted by Gasteiger charge is -2.07. The van der Waals surface area contributed by atoms with Crippen molar-refractivity contribution in [1.82, 2.24) is 19.6 Å². The first kappa shape index (κ1) is 17.0. The van der Waals surface area contributed by atoms with Gasteiger partial charge >= 0.3 is 0 Å². The summed E-state index contributed by atoms with van der Waals surface area (Å²) in [5.41, 5.74) is 15.5. The Kier molecular flexibility index (Phi) is 4.67. The predicted molar refractivity (Wildman–Crippen MR) is 105 cm³/mol. The highest BCUT2D eigenvalue weighted by atomic mass is 16.5. The number of nitrogens with zero attached hydrogens (tertiary/aromatic N) is 4. The molecule has 0 atom stereocenters. The summed E-state index contributed by atoms with van der Waals surface area (Å²) in [5.74, 6) is 1.31. The minimum absolute atomic E-state index is 0.481. The molecular weight excluding hydrogens is 340 g/mol. The molecule has 27 heavy (non-hydrogen) atoms. The van der Waals surface area contributed by atoms with Crippen molar-refractivity contribution < 1.29 is 4.74 Å². The summed E-state index contributed by atoms with van der Waals surface area (Å²) in [4.78, 5) is 8.57. The predicted octanol–water partition coefficient (Wildman–Crippen LogP) is 2.77. The zero-order chi connectivity index (χ0) is 18.6. The molecule has 0 saturated heterocycles. The van der Waals surface area contributed by atoms with Crippen LogP contribution in [-0.2, 0) is 0 Å². The van der Waals surface area contributed by atoms with E-state index in [4.69, 9.17) is 21.3 Å². The number of fused-ring (bicyclic) bond motifs is 1. The second-order valence-corrected chi connectivity index (χ2v) is 6.12. The van der Waals surface area contributed by atoms with Crippen LogP contribution in [0.25, 0.3) is 28.2 Å². The third kappa shape index (κ3) is 3.58. The lowest BCUT2D eigenvalue weighted by Crippen LogP contribution is -2.05. The summed E-state index contributed by atoms with van der Waals surface area (Å²) < 4.78 is 7.46. The number of ether oxygens (including phenoxy) is 1. The summed E-state index contributed by atoms with van der Waals surface area (Å²) in [5, 5.41) is 4.75. The Morgan fingerprint density at radius 3 is 2.44 bits per heavy atom. The van der Waals surface area contributed by atoms with Crippen LogP contribution in [0.3, 0.4) is 0 Å². The molecule has 7 heteroatoms. The van der Waals surface area contributed by atoms with Gasteiger partial charge in [-0.2, -0.15) is 5.10 Å². The van der Waals surface area contributed by atoms with Gasteiger partial charge in [-0.1, -0.05) is 0 Å². The number of hydrogen-bond donors (Lipinski definition) is 2. The summed E-state index contributed by atoms with van der Waals surface area (Å²) in [7, 11) is 0. The highest BCUT2D eigenvalue weighted by Crippen LogP contribution is 2.24. The first-order valence-corrected chi connectivity index (χ1v) is 8.74. The normalized spacial score (nSPS) is 11.0. The molecule has 0 aliphatic carbocycles. The van der Waals surface area contributed by atoms with Gasteiger partial charge in [0.2, 0.25) is 0 Å². The maximum Gasteiger partial charge on any atom is 0.154 e. The van der Waals surface area contributed by atoms with E-state index in [1.54, 1.807) is 18.5 Å². The van der Waals surface area contributed by atoms with Crippen molar-refractivity contribution >= 4 is 11.5 Å². The molecule has 0 spiro atoms. The molecular formula is C20H20N6O. The average molecular weight is 360 g/mol.